The number of nitrogens with two attached hydrogens (primary N) is 1. The minimum Gasteiger partial charge on any atom is -0.493 e. The van der Waals surface area contributed by atoms with Gasteiger partial charge in [-0.2, -0.15) is 0 Å². The Labute approximate surface area is 157 Å². The predicted molar refractivity (Wildman–Crippen MR) is 97.3 cm³/mol. The number of β-amino-alcohol motifs (C(OH)–C–C–N with tert-alkyl or cyclic N) is 1. The predicted octanol–water partition coefficient (Wildman–Crippen LogP) is 1.30. The molecule has 2 atom stereocenters. The van der Waals surface area contributed by atoms with Gasteiger partial charge in [0.15, 0.2) is 11.5 Å². The Kier molecular flexibility index (Phi) is 5.67. The Morgan fingerprint density at radius 2 is 2.19 bits per heavy atom. The quantitative estimate of drug-likeness (QED) is 0.750. The standard InChI is InChI=1S/C19H25N3O5/c1-11-15(12(2)27-21-11)10-26-17-5-4-13(6-18(17)25-3)8-22-9-14(23)7-16(22)19(20)24/h4-6,14,16,23H,7-10H2,1-3H3,(H2,20,24)/t14-,16+/m1/s1. The summed E-state index contributed by atoms with van der Waals surface area (Å²) in [5, 5.41) is 13.8. The molecule has 1 fully saturated rings. The first kappa shape index (κ1) is 19.2. The molecule has 1 aliphatic rings. The van der Waals surface area contributed by atoms with Crippen LogP contribution in [0.2, 0.25) is 0 Å². The van der Waals surface area contributed by atoms with E-state index in [1.807, 2.05) is 36.9 Å². The summed E-state index contributed by atoms with van der Waals surface area (Å²) in [6, 6.07) is 5.15. The molecule has 27 heavy (non-hydrogen) atoms. The highest BCUT2D eigenvalue weighted by Crippen LogP contribution is 2.31. The summed E-state index contributed by atoms with van der Waals surface area (Å²) in [7, 11) is 1.58. The maximum atomic E-state index is 11.6. The van der Waals surface area contributed by atoms with E-state index in [0.717, 1.165) is 22.6 Å². The number of ether oxygens (including phenoxy) is 2. The summed E-state index contributed by atoms with van der Waals surface area (Å²) in [5.41, 5.74) is 8.10. The van der Waals surface area contributed by atoms with Crippen molar-refractivity contribution in [2.45, 2.75) is 45.6 Å². The number of primary amides is 1. The first-order valence-electron chi connectivity index (χ1n) is 8.82. The van der Waals surface area contributed by atoms with E-state index in [-0.39, 0.29) is 0 Å². The molecule has 0 unspecified atom stereocenters. The van der Waals surface area contributed by atoms with Gasteiger partial charge in [0.1, 0.15) is 12.4 Å². The lowest BCUT2D eigenvalue weighted by Crippen LogP contribution is -2.39. The summed E-state index contributed by atoms with van der Waals surface area (Å²) < 4.78 is 16.5. The molecule has 3 N–H and O–H groups in total. The second kappa shape index (κ2) is 7.98. The van der Waals surface area contributed by atoms with Crippen LogP contribution in [0.3, 0.4) is 0 Å². The summed E-state index contributed by atoms with van der Waals surface area (Å²) >= 11 is 0. The fourth-order valence-electron chi connectivity index (χ4n) is 3.37. The maximum Gasteiger partial charge on any atom is 0.234 e. The lowest BCUT2D eigenvalue weighted by molar-refractivity contribution is -0.122. The molecule has 8 nitrogen and oxygen atoms in total. The zero-order valence-electron chi connectivity index (χ0n) is 15.8. The number of likely N-dealkylation sites (tertiary alicyclic amines) is 1. The molecule has 0 radical (unpaired) electrons. The molecule has 2 heterocycles. The van der Waals surface area contributed by atoms with E-state index in [0.29, 0.717) is 37.6 Å². The molecular weight excluding hydrogens is 350 g/mol. The second-order valence-corrected chi connectivity index (χ2v) is 6.81. The first-order chi connectivity index (χ1) is 12.9. The molecule has 0 spiro atoms. The maximum absolute atomic E-state index is 11.6. The van der Waals surface area contributed by atoms with E-state index in [1.54, 1.807) is 7.11 Å². The van der Waals surface area contributed by atoms with E-state index < -0.39 is 18.1 Å². The molecule has 1 aromatic carbocycles. The molecule has 1 saturated heterocycles. The SMILES string of the molecule is COc1cc(CN2C[C@H](O)C[C@H]2C(N)=O)ccc1OCc1c(C)noc1C. The Morgan fingerprint density at radius 3 is 2.81 bits per heavy atom. The summed E-state index contributed by atoms with van der Waals surface area (Å²) in [5.74, 6) is 1.51. The van der Waals surface area contributed by atoms with Crippen molar-refractivity contribution in [2.24, 2.45) is 5.73 Å². The average molecular weight is 375 g/mol. The number of carbonyl (C=O) groups is 1. The topological polar surface area (TPSA) is 111 Å². The van der Waals surface area contributed by atoms with Gasteiger partial charge in [-0.15, -0.1) is 0 Å². The van der Waals surface area contributed by atoms with Crippen LogP contribution >= 0.6 is 0 Å². The minimum absolute atomic E-state index is 0.332. The van der Waals surface area contributed by atoms with E-state index in [9.17, 15) is 9.90 Å². The number of carbonyl (C=O) groups excluding carboxylic acids is 1. The van der Waals surface area contributed by atoms with Crippen molar-refractivity contribution in [1.82, 2.24) is 10.1 Å². The summed E-state index contributed by atoms with van der Waals surface area (Å²) in [6.07, 6.45) is -0.174. The smallest absolute Gasteiger partial charge is 0.234 e. The van der Waals surface area contributed by atoms with E-state index >= 15 is 0 Å². The third-order valence-corrected chi connectivity index (χ3v) is 4.88. The van der Waals surface area contributed by atoms with Gasteiger partial charge in [0.05, 0.1) is 30.5 Å². The van der Waals surface area contributed by atoms with Crippen LogP contribution in [-0.4, -0.2) is 46.9 Å². The number of aliphatic hydroxyl groups excluding tert-OH is 1. The fourth-order valence-corrected chi connectivity index (χ4v) is 3.37. The van der Waals surface area contributed by atoms with Gasteiger partial charge in [0.2, 0.25) is 5.91 Å². The van der Waals surface area contributed by atoms with Crippen LogP contribution in [0.15, 0.2) is 22.7 Å². The van der Waals surface area contributed by atoms with Crippen LogP contribution < -0.4 is 15.2 Å². The molecule has 1 aliphatic heterocycles. The third kappa shape index (κ3) is 4.23. The van der Waals surface area contributed by atoms with E-state index in [4.69, 9.17) is 19.7 Å². The van der Waals surface area contributed by atoms with Crippen molar-refractivity contribution in [3.63, 3.8) is 0 Å². The first-order valence-corrected chi connectivity index (χ1v) is 8.82. The molecular formula is C19H25N3O5. The largest absolute Gasteiger partial charge is 0.493 e. The van der Waals surface area contributed by atoms with Crippen molar-refractivity contribution in [3.8, 4) is 11.5 Å². The average Bonchev–Trinajstić information content (AvgIpc) is 3.16. The fraction of sp³-hybridized carbons (Fsp3) is 0.474. The van der Waals surface area contributed by atoms with Crippen molar-refractivity contribution < 1.29 is 23.9 Å². The van der Waals surface area contributed by atoms with E-state index in [1.165, 1.54) is 0 Å². The number of rotatable bonds is 7. The minimum atomic E-state index is -0.540. The third-order valence-electron chi connectivity index (χ3n) is 4.88. The number of nitrogens with zero attached hydrogens (tertiary/aromatic N) is 2. The normalized spacial score (nSPS) is 20.0. The Balaban J connectivity index is 1.71. The zero-order valence-corrected chi connectivity index (χ0v) is 15.8. The lowest BCUT2D eigenvalue weighted by atomic mass is 10.1. The number of hydrogen-bond acceptors (Lipinski definition) is 7. The highest BCUT2D eigenvalue weighted by molar-refractivity contribution is 5.80. The number of hydrogen-bond donors (Lipinski definition) is 2. The molecule has 1 amide bonds. The number of aromatic nitrogens is 1. The molecule has 1 aromatic heterocycles. The monoisotopic (exact) mass is 375 g/mol. The van der Waals surface area contributed by atoms with Gasteiger partial charge >= 0.3 is 0 Å². The van der Waals surface area contributed by atoms with Crippen molar-refractivity contribution >= 4 is 5.91 Å². The van der Waals surface area contributed by atoms with Gasteiger partial charge in [0, 0.05) is 13.1 Å². The molecule has 146 valence electrons. The van der Waals surface area contributed by atoms with Gasteiger partial charge in [-0.3, -0.25) is 9.69 Å². The highest BCUT2D eigenvalue weighted by atomic mass is 16.5. The van der Waals surface area contributed by atoms with Crippen LogP contribution in [0.1, 0.15) is 29.0 Å². The molecule has 8 heteroatoms. The lowest BCUT2D eigenvalue weighted by Gasteiger charge is -2.22. The van der Waals surface area contributed by atoms with Gasteiger partial charge in [-0.25, -0.2) is 0 Å². The summed E-state index contributed by atoms with van der Waals surface area (Å²) in [6.45, 7) is 4.96. The number of amides is 1. The number of aliphatic hydroxyl groups is 1. The molecule has 0 saturated carbocycles. The molecule has 0 aliphatic carbocycles. The van der Waals surface area contributed by atoms with Crippen LogP contribution in [0.25, 0.3) is 0 Å². The van der Waals surface area contributed by atoms with Crippen molar-refractivity contribution in [1.29, 1.82) is 0 Å². The van der Waals surface area contributed by atoms with Gasteiger partial charge in [0.25, 0.3) is 0 Å². The number of benzene rings is 1. The van der Waals surface area contributed by atoms with Crippen molar-refractivity contribution in [3.05, 3.63) is 40.8 Å². The van der Waals surface area contributed by atoms with Gasteiger partial charge in [-0.1, -0.05) is 11.2 Å². The van der Waals surface area contributed by atoms with Crippen LogP contribution in [0.4, 0.5) is 0 Å². The van der Waals surface area contributed by atoms with Crippen LogP contribution in [0, 0.1) is 13.8 Å². The Bertz CT molecular complexity index is 800. The highest BCUT2D eigenvalue weighted by Gasteiger charge is 2.34. The summed E-state index contributed by atoms with van der Waals surface area (Å²) in [4.78, 5) is 13.5. The Hall–Kier alpha value is -2.58. The number of aryl methyl sites for hydroxylation is 2. The molecule has 3 rings (SSSR count). The van der Waals surface area contributed by atoms with Crippen LogP contribution in [0.5, 0.6) is 11.5 Å². The molecule has 0 bridgehead atoms. The van der Waals surface area contributed by atoms with Crippen molar-refractivity contribution in [2.75, 3.05) is 13.7 Å². The number of methoxy groups -OCH3 is 1. The van der Waals surface area contributed by atoms with E-state index in [2.05, 4.69) is 5.16 Å². The van der Waals surface area contributed by atoms with Crippen LogP contribution in [-0.2, 0) is 17.9 Å². The van der Waals surface area contributed by atoms with Gasteiger partial charge in [-0.05, 0) is 38.0 Å². The zero-order chi connectivity index (χ0) is 19.6. The second-order valence-electron chi connectivity index (χ2n) is 6.81. The van der Waals surface area contributed by atoms with Gasteiger partial charge < -0.3 is 24.8 Å². The molecule has 2 aromatic rings. The Morgan fingerprint density at radius 1 is 1.41 bits per heavy atom.